The molecule has 5 aromatic carbocycles. The summed E-state index contributed by atoms with van der Waals surface area (Å²) >= 11 is 0. The molecule has 0 unspecified atom stereocenters. The van der Waals surface area contributed by atoms with E-state index >= 15 is 0 Å². The van der Waals surface area contributed by atoms with Gasteiger partial charge < -0.3 is 15.3 Å². The van der Waals surface area contributed by atoms with Gasteiger partial charge in [0.25, 0.3) is 11.8 Å². The lowest BCUT2D eigenvalue weighted by molar-refractivity contribution is -0.137. The Balaban J connectivity index is 1.38. The molecule has 0 saturated heterocycles. The highest BCUT2D eigenvalue weighted by molar-refractivity contribution is 6.06. The highest BCUT2D eigenvalue weighted by Crippen LogP contribution is 2.29. The molecule has 0 saturated carbocycles. The standard InChI is InChI=1S/C37H34N2O4/c40-35(41)23-25-39(24-11-14-27-12-2-1-3-13-27)37(43)34-22-9-7-20-32(34)31-19-6-8-21-33(31)36(42)38-26-29-17-10-16-28-15-4-5-18-30(28)29/h1-10,12-13,15-22H,11,14,23-26H2,(H,38,42)(H,40,41). The first kappa shape index (κ1) is 29.3. The minimum absolute atomic E-state index is 0.102. The van der Waals surface area contributed by atoms with Gasteiger partial charge in [-0.25, -0.2) is 0 Å². The molecule has 5 rings (SSSR count). The minimum atomic E-state index is -0.956. The molecule has 0 radical (unpaired) electrons. The van der Waals surface area contributed by atoms with Crippen molar-refractivity contribution in [2.45, 2.75) is 25.8 Å². The molecule has 6 nitrogen and oxygen atoms in total. The number of aryl methyl sites for hydroxylation is 1. The van der Waals surface area contributed by atoms with Gasteiger partial charge in [0.2, 0.25) is 0 Å². The van der Waals surface area contributed by atoms with E-state index in [0.717, 1.165) is 28.3 Å². The highest BCUT2D eigenvalue weighted by Gasteiger charge is 2.22. The summed E-state index contributed by atoms with van der Waals surface area (Å²) in [4.78, 5) is 40.5. The van der Waals surface area contributed by atoms with Gasteiger partial charge in [-0.1, -0.05) is 109 Å². The van der Waals surface area contributed by atoms with Crippen molar-refractivity contribution < 1.29 is 19.5 Å². The number of carboxylic acids is 1. The molecular weight excluding hydrogens is 536 g/mol. The Morgan fingerprint density at radius 2 is 1.28 bits per heavy atom. The van der Waals surface area contributed by atoms with Crippen molar-refractivity contribution in [3.63, 3.8) is 0 Å². The van der Waals surface area contributed by atoms with E-state index in [1.807, 2.05) is 103 Å². The van der Waals surface area contributed by atoms with E-state index in [2.05, 4.69) is 5.32 Å². The molecule has 0 aliphatic carbocycles. The van der Waals surface area contributed by atoms with Gasteiger partial charge in [0.1, 0.15) is 0 Å². The Labute approximate surface area is 251 Å². The van der Waals surface area contributed by atoms with E-state index in [9.17, 15) is 19.5 Å². The number of nitrogens with zero attached hydrogens (tertiary/aromatic N) is 1. The first-order chi connectivity index (χ1) is 21.0. The first-order valence-electron chi connectivity index (χ1n) is 14.5. The van der Waals surface area contributed by atoms with Gasteiger partial charge in [-0.15, -0.1) is 0 Å². The Hall–Kier alpha value is -5.23. The SMILES string of the molecule is O=C(O)CCN(CCCc1ccccc1)C(=O)c1ccccc1-c1ccccc1C(=O)NCc1cccc2ccccc12. The Morgan fingerprint density at radius 3 is 2.05 bits per heavy atom. The number of nitrogens with one attached hydrogen (secondary N) is 1. The van der Waals surface area contributed by atoms with Gasteiger partial charge in [-0.3, -0.25) is 14.4 Å². The van der Waals surface area contributed by atoms with Crippen LogP contribution in [0.5, 0.6) is 0 Å². The molecule has 2 N–H and O–H groups in total. The van der Waals surface area contributed by atoms with E-state index in [4.69, 9.17) is 0 Å². The number of hydrogen-bond donors (Lipinski definition) is 2. The van der Waals surface area contributed by atoms with Crippen molar-refractivity contribution in [3.05, 3.63) is 144 Å². The second-order valence-corrected chi connectivity index (χ2v) is 10.4. The Bertz CT molecular complexity index is 1730. The smallest absolute Gasteiger partial charge is 0.305 e. The van der Waals surface area contributed by atoms with Crippen molar-refractivity contribution in [1.82, 2.24) is 10.2 Å². The summed E-state index contributed by atoms with van der Waals surface area (Å²) < 4.78 is 0. The van der Waals surface area contributed by atoms with Crippen LogP contribution in [0.25, 0.3) is 21.9 Å². The number of carboxylic acid groups (broad SMARTS) is 1. The maximum absolute atomic E-state index is 13.9. The average Bonchev–Trinajstić information content (AvgIpc) is 3.05. The van der Waals surface area contributed by atoms with Gasteiger partial charge in [0.05, 0.1) is 6.42 Å². The third-order valence-electron chi connectivity index (χ3n) is 7.56. The summed E-state index contributed by atoms with van der Waals surface area (Å²) in [6.07, 6.45) is 1.33. The summed E-state index contributed by atoms with van der Waals surface area (Å²) in [5, 5.41) is 14.6. The lowest BCUT2D eigenvalue weighted by Gasteiger charge is -2.24. The van der Waals surface area contributed by atoms with Crippen LogP contribution in [0, 0.1) is 0 Å². The quantitative estimate of drug-likeness (QED) is 0.169. The molecule has 0 aliphatic rings. The molecule has 6 heteroatoms. The molecular formula is C37H34N2O4. The zero-order valence-electron chi connectivity index (χ0n) is 23.9. The number of carbonyl (C=O) groups is 3. The van der Waals surface area contributed by atoms with Crippen LogP contribution in [0.3, 0.4) is 0 Å². The minimum Gasteiger partial charge on any atom is -0.481 e. The largest absolute Gasteiger partial charge is 0.481 e. The van der Waals surface area contributed by atoms with Crippen LogP contribution in [0.15, 0.2) is 121 Å². The summed E-state index contributed by atoms with van der Waals surface area (Å²) in [5.74, 6) is -1.45. The molecule has 0 bridgehead atoms. The lowest BCUT2D eigenvalue weighted by atomic mass is 9.94. The predicted molar refractivity (Wildman–Crippen MR) is 170 cm³/mol. The number of fused-ring (bicyclic) bond motifs is 1. The zero-order valence-corrected chi connectivity index (χ0v) is 23.9. The molecule has 43 heavy (non-hydrogen) atoms. The van der Waals surface area contributed by atoms with Crippen molar-refractivity contribution in [2.75, 3.05) is 13.1 Å². The molecule has 0 atom stereocenters. The maximum Gasteiger partial charge on any atom is 0.305 e. The van der Waals surface area contributed by atoms with Gasteiger partial charge in [0, 0.05) is 30.8 Å². The van der Waals surface area contributed by atoms with E-state index in [1.54, 1.807) is 23.1 Å². The van der Waals surface area contributed by atoms with Gasteiger partial charge in [0.15, 0.2) is 0 Å². The molecule has 0 heterocycles. The predicted octanol–water partition coefficient (Wildman–Crippen LogP) is 6.99. The number of amides is 2. The third-order valence-corrected chi connectivity index (χ3v) is 7.56. The number of carbonyl (C=O) groups excluding carboxylic acids is 2. The molecule has 2 amide bonds. The fraction of sp³-hybridized carbons (Fsp3) is 0.162. The summed E-state index contributed by atoms with van der Waals surface area (Å²) in [7, 11) is 0. The number of aliphatic carboxylic acids is 1. The van der Waals surface area contributed by atoms with Gasteiger partial charge >= 0.3 is 5.97 Å². The molecule has 0 fully saturated rings. The molecule has 0 spiro atoms. The third kappa shape index (κ3) is 7.35. The van der Waals surface area contributed by atoms with Crippen LogP contribution in [0.4, 0.5) is 0 Å². The maximum atomic E-state index is 13.9. The average molecular weight is 571 g/mol. The number of rotatable bonds is 12. The van der Waals surface area contributed by atoms with Crippen LogP contribution in [0.2, 0.25) is 0 Å². The first-order valence-corrected chi connectivity index (χ1v) is 14.5. The summed E-state index contributed by atoms with van der Waals surface area (Å²) in [6, 6.07) is 38.6. The van der Waals surface area contributed by atoms with Crippen LogP contribution in [0.1, 0.15) is 44.7 Å². The van der Waals surface area contributed by atoms with E-state index in [0.29, 0.717) is 41.8 Å². The molecule has 5 aromatic rings. The van der Waals surface area contributed by atoms with E-state index in [1.165, 1.54) is 0 Å². The van der Waals surface area contributed by atoms with Crippen LogP contribution in [-0.2, 0) is 17.8 Å². The van der Waals surface area contributed by atoms with Crippen LogP contribution < -0.4 is 5.32 Å². The summed E-state index contributed by atoms with van der Waals surface area (Å²) in [5.41, 5.74) is 4.35. The summed E-state index contributed by atoms with van der Waals surface area (Å²) in [6.45, 7) is 0.881. The number of hydrogen-bond acceptors (Lipinski definition) is 3. The van der Waals surface area contributed by atoms with E-state index < -0.39 is 5.97 Å². The van der Waals surface area contributed by atoms with Crippen molar-refractivity contribution in [1.29, 1.82) is 0 Å². The second kappa shape index (κ2) is 14.1. The van der Waals surface area contributed by atoms with Gasteiger partial charge in [-0.05, 0) is 58.0 Å². The Morgan fingerprint density at radius 1 is 0.651 bits per heavy atom. The fourth-order valence-corrected chi connectivity index (χ4v) is 5.37. The van der Waals surface area contributed by atoms with Crippen molar-refractivity contribution in [2.24, 2.45) is 0 Å². The Kier molecular flexibility index (Phi) is 9.60. The van der Waals surface area contributed by atoms with Gasteiger partial charge in [-0.2, -0.15) is 0 Å². The lowest BCUT2D eigenvalue weighted by Crippen LogP contribution is -2.34. The molecule has 0 aromatic heterocycles. The monoisotopic (exact) mass is 570 g/mol. The van der Waals surface area contributed by atoms with E-state index in [-0.39, 0.29) is 24.8 Å². The normalized spacial score (nSPS) is 10.8. The van der Waals surface area contributed by atoms with Crippen molar-refractivity contribution >= 4 is 28.6 Å². The van der Waals surface area contributed by atoms with Crippen LogP contribution >= 0.6 is 0 Å². The molecule has 0 aliphatic heterocycles. The topological polar surface area (TPSA) is 86.7 Å². The van der Waals surface area contributed by atoms with Crippen molar-refractivity contribution in [3.8, 4) is 11.1 Å². The highest BCUT2D eigenvalue weighted by atomic mass is 16.4. The second-order valence-electron chi connectivity index (χ2n) is 10.4. The number of benzene rings is 5. The van der Waals surface area contributed by atoms with Crippen LogP contribution in [-0.4, -0.2) is 40.9 Å². The fourth-order valence-electron chi connectivity index (χ4n) is 5.37. The molecule has 216 valence electrons. The zero-order chi connectivity index (χ0) is 30.0.